The molecular formula is C12H21N3O8S. The van der Waals surface area contributed by atoms with Crippen molar-refractivity contribution in [2.24, 2.45) is 5.73 Å². The van der Waals surface area contributed by atoms with Crippen LogP contribution in [0, 0.1) is 0 Å². The summed E-state index contributed by atoms with van der Waals surface area (Å²) < 4.78 is 0. The molecule has 0 saturated heterocycles. The van der Waals surface area contributed by atoms with E-state index in [1.807, 2.05) is 0 Å². The predicted molar refractivity (Wildman–Crippen MR) is 83.9 cm³/mol. The minimum atomic E-state index is -1.25. The number of hydrogen-bond acceptors (Lipinski definition) is 8. The standard InChI is InChI=1S/C12H21N3O8S/c13-1-4-24-11(12(22)23)15(7-10(20)21)3-2-14(5-8(16)17)6-9(18)19/h11H,1-7,13H2,(H,16,17)(H,18,19)(H,20,21)(H,22,23). The summed E-state index contributed by atoms with van der Waals surface area (Å²) in [6, 6.07) is 0. The maximum Gasteiger partial charge on any atom is 0.331 e. The number of carboxylic acids is 4. The predicted octanol–water partition coefficient (Wildman–Crippen LogP) is -2.05. The van der Waals surface area contributed by atoms with E-state index in [0.29, 0.717) is 5.75 Å². The van der Waals surface area contributed by atoms with Gasteiger partial charge in [-0.05, 0) is 0 Å². The lowest BCUT2D eigenvalue weighted by atomic mass is 10.4. The van der Waals surface area contributed by atoms with E-state index in [4.69, 9.17) is 21.1 Å². The average molecular weight is 367 g/mol. The van der Waals surface area contributed by atoms with Crippen molar-refractivity contribution in [2.45, 2.75) is 5.37 Å². The Morgan fingerprint density at radius 3 is 1.75 bits per heavy atom. The lowest BCUT2D eigenvalue weighted by Crippen LogP contribution is -2.47. The first-order valence-electron chi connectivity index (χ1n) is 6.83. The summed E-state index contributed by atoms with van der Waals surface area (Å²) >= 11 is 0.946. The molecule has 0 aliphatic rings. The highest BCUT2D eigenvalue weighted by molar-refractivity contribution is 8.00. The number of hydrogen-bond donors (Lipinski definition) is 5. The molecule has 0 saturated carbocycles. The van der Waals surface area contributed by atoms with Crippen LogP contribution in [0.25, 0.3) is 0 Å². The summed E-state index contributed by atoms with van der Waals surface area (Å²) in [5.41, 5.74) is 5.32. The molecule has 0 rings (SSSR count). The number of nitrogens with zero attached hydrogens (tertiary/aromatic N) is 2. The quantitative estimate of drug-likeness (QED) is 0.212. The average Bonchev–Trinajstić information content (AvgIpc) is 2.42. The number of carboxylic acid groups (broad SMARTS) is 4. The molecular weight excluding hydrogens is 346 g/mol. The third-order valence-electron chi connectivity index (χ3n) is 2.70. The van der Waals surface area contributed by atoms with Gasteiger partial charge in [-0.2, -0.15) is 0 Å². The van der Waals surface area contributed by atoms with Crippen LogP contribution in [0.15, 0.2) is 0 Å². The Labute approximate surface area is 142 Å². The normalized spacial score (nSPS) is 12.3. The zero-order valence-electron chi connectivity index (χ0n) is 12.8. The van der Waals surface area contributed by atoms with Crippen LogP contribution in [0.3, 0.4) is 0 Å². The third-order valence-corrected chi connectivity index (χ3v) is 3.98. The Balaban J connectivity index is 5.00. The lowest BCUT2D eigenvalue weighted by Gasteiger charge is -2.29. The van der Waals surface area contributed by atoms with E-state index >= 15 is 0 Å². The first kappa shape index (κ1) is 22.1. The van der Waals surface area contributed by atoms with Crippen molar-refractivity contribution in [1.29, 1.82) is 0 Å². The zero-order chi connectivity index (χ0) is 18.7. The maximum atomic E-state index is 11.3. The fraction of sp³-hybridized carbons (Fsp3) is 0.667. The van der Waals surface area contributed by atoms with Crippen molar-refractivity contribution in [2.75, 3.05) is 45.0 Å². The van der Waals surface area contributed by atoms with E-state index < -0.39 is 48.9 Å². The van der Waals surface area contributed by atoms with E-state index in [2.05, 4.69) is 0 Å². The molecule has 0 aromatic rings. The molecule has 0 amide bonds. The Kier molecular flexibility index (Phi) is 10.7. The van der Waals surface area contributed by atoms with Crippen LogP contribution in [0.4, 0.5) is 0 Å². The van der Waals surface area contributed by atoms with E-state index in [1.54, 1.807) is 0 Å². The summed E-state index contributed by atoms with van der Waals surface area (Å²) in [6.45, 7) is -1.72. The topological polar surface area (TPSA) is 182 Å². The molecule has 12 heteroatoms. The second kappa shape index (κ2) is 11.6. The molecule has 0 heterocycles. The summed E-state index contributed by atoms with van der Waals surface area (Å²) in [5, 5.41) is 34.5. The summed E-state index contributed by atoms with van der Waals surface area (Å²) in [7, 11) is 0. The molecule has 138 valence electrons. The number of rotatable bonds is 14. The van der Waals surface area contributed by atoms with Gasteiger partial charge in [-0.1, -0.05) is 0 Å². The van der Waals surface area contributed by atoms with Gasteiger partial charge in [0.15, 0.2) is 5.37 Å². The first-order chi connectivity index (χ1) is 11.2. The highest BCUT2D eigenvalue weighted by atomic mass is 32.2. The van der Waals surface area contributed by atoms with Crippen LogP contribution in [-0.4, -0.2) is 104 Å². The van der Waals surface area contributed by atoms with Crippen molar-refractivity contribution in [3.8, 4) is 0 Å². The minimum Gasteiger partial charge on any atom is -0.480 e. The van der Waals surface area contributed by atoms with Gasteiger partial charge in [0.05, 0.1) is 19.6 Å². The van der Waals surface area contributed by atoms with E-state index in [-0.39, 0.29) is 19.6 Å². The maximum absolute atomic E-state index is 11.3. The van der Waals surface area contributed by atoms with E-state index in [9.17, 15) is 24.3 Å². The smallest absolute Gasteiger partial charge is 0.331 e. The van der Waals surface area contributed by atoms with Crippen molar-refractivity contribution in [3.05, 3.63) is 0 Å². The van der Waals surface area contributed by atoms with Gasteiger partial charge in [-0.25, -0.2) is 4.79 Å². The van der Waals surface area contributed by atoms with Crippen LogP contribution in [0.2, 0.25) is 0 Å². The number of thioether (sulfide) groups is 1. The number of carbonyl (C=O) groups is 4. The number of aliphatic carboxylic acids is 4. The number of nitrogens with two attached hydrogens (primary N) is 1. The van der Waals surface area contributed by atoms with Crippen molar-refractivity contribution < 1.29 is 39.6 Å². The molecule has 11 nitrogen and oxygen atoms in total. The van der Waals surface area contributed by atoms with Gasteiger partial charge >= 0.3 is 23.9 Å². The van der Waals surface area contributed by atoms with Crippen molar-refractivity contribution in [3.63, 3.8) is 0 Å². The van der Waals surface area contributed by atoms with Gasteiger partial charge in [0, 0.05) is 25.4 Å². The third kappa shape index (κ3) is 9.99. The van der Waals surface area contributed by atoms with Crippen LogP contribution in [0.5, 0.6) is 0 Å². The van der Waals surface area contributed by atoms with E-state index in [0.717, 1.165) is 21.6 Å². The van der Waals surface area contributed by atoms with Crippen LogP contribution in [-0.2, 0) is 19.2 Å². The summed E-state index contributed by atoms with van der Waals surface area (Å²) in [5.74, 6) is -4.70. The molecule has 0 spiro atoms. The monoisotopic (exact) mass is 367 g/mol. The van der Waals surface area contributed by atoms with Crippen molar-refractivity contribution >= 4 is 35.6 Å². The minimum absolute atomic E-state index is 0.112. The van der Waals surface area contributed by atoms with Crippen LogP contribution >= 0.6 is 11.8 Å². The van der Waals surface area contributed by atoms with Gasteiger partial charge in [0.25, 0.3) is 0 Å². The second-order valence-corrected chi connectivity index (χ2v) is 5.90. The van der Waals surface area contributed by atoms with Crippen LogP contribution < -0.4 is 5.73 Å². The largest absolute Gasteiger partial charge is 0.480 e. The molecule has 1 unspecified atom stereocenters. The fourth-order valence-electron chi connectivity index (χ4n) is 1.83. The van der Waals surface area contributed by atoms with E-state index in [1.165, 1.54) is 0 Å². The highest BCUT2D eigenvalue weighted by Gasteiger charge is 2.28. The molecule has 1 atom stereocenters. The Bertz CT molecular complexity index is 446. The molecule has 24 heavy (non-hydrogen) atoms. The van der Waals surface area contributed by atoms with Gasteiger partial charge in [-0.15, -0.1) is 11.8 Å². The zero-order valence-corrected chi connectivity index (χ0v) is 13.6. The van der Waals surface area contributed by atoms with Gasteiger partial charge in [0.1, 0.15) is 0 Å². The lowest BCUT2D eigenvalue weighted by molar-refractivity contribution is -0.146. The Hall–Kier alpha value is -1.89. The summed E-state index contributed by atoms with van der Waals surface area (Å²) in [6.07, 6.45) is 0. The fourth-order valence-corrected chi connectivity index (χ4v) is 2.72. The second-order valence-electron chi connectivity index (χ2n) is 4.71. The summed E-state index contributed by atoms with van der Waals surface area (Å²) in [4.78, 5) is 46.0. The van der Waals surface area contributed by atoms with Crippen LogP contribution in [0.1, 0.15) is 0 Å². The van der Waals surface area contributed by atoms with Crippen molar-refractivity contribution in [1.82, 2.24) is 9.80 Å². The van der Waals surface area contributed by atoms with Gasteiger partial charge < -0.3 is 26.2 Å². The van der Waals surface area contributed by atoms with Gasteiger partial charge in [0.2, 0.25) is 0 Å². The molecule has 0 bridgehead atoms. The molecule has 0 aliphatic heterocycles. The molecule has 0 aliphatic carbocycles. The van der Waals surface area contributed by atoms with Gasteiger partial charge in [-0.3, -0.25) is 24.2 Å². The highest BCUT2D eigenvalue weighted by Crippen LogP contribution is 2.15. The Morgan fingerprint density at radius 2 is 1.38 bits per heavy atom. The molecule has 6 N–H and O–H groups in total. The molecule has 0 aromatic carbocycles. The molecule has 0 aromatic heterocycles. The molecule has 0 radical (unpaired) electrons. The Morgan fingerprint density at radius 1 is 0.875 bits per heavy atom. The molecule has 0 fully saturated rings. The first-order valence-corrected chi connectivity index (χ1v) is 7.88. The SMILES string of the molecule is NCCSC(C(=O)O)N(CCN(CC(=O)O)CC(=O)O)CC(=O)O.